The first-order valence-electron chi connectivity index (χ1n) is 3.50. The zero-order valence-corrected chi connectivity index (χ0v) is 8.74. The van der Waals surface area contributed by atoms with Crippen LogP contribution in [0.5, 0.6) is 0 Å². The Bertz CT molecular complexity index is 202. The monoisotopic (exact) mass is 207 g/mol. The van der Waals surface area contributed by atoms with Crippen molar-refractivity contribution in [2.75, 3.05) is 0 Å². The average Bonchev–Trinajstić information content (AvgIpc) is 2.54. The fourth-order valence-corrected chi connectivity index (χ4v) is 4.57. The van der Waals surface area contributed by atoms with Gasteiger partial charge in [0.05, 0.1) is 6.04 Å². The summed E-state index contributed by atoms with van der Waals surface area (Å²) in [6.07, 6.45) is 0. The Morgan fingerprint density at radius 2 is 2.18 bits per heavy atom. The molecule has 62 valence electrons. The number of hydrogen-bond acceptors (Lipinski definition) is 5. The second kappa shape index (κ2) is 2.58. The Morgan fingerprint density at radius 1 is 1.55 bits per heavy atom. The first-order valence-corrected chi connectivity index (χ1v) is 6.47. The molecular formula is C6H9NOS3. The maximum atomic E-state index is 11.3. The van der Waals surface area contributed by atoms with Crippen LogP contribution >= 0.6 is 33.3 Å². The quantitative estimate of drug-likeness (QED) is 0.524. The highest BCUT2D eigenvalue weighted by Crippen LogP contribution is 2.71. The summed E-state index contributed by atoms with van der Waals surface area (Å²) in [7, 11) is 3.50. The van der Waals surface area contributed by atoms with Crippen molar-refractivity contribution in [3.63, 3.8) is 0 Å². The lowest BCUT2D eigenvalue weighted by molar-refractivity contribution is -0.112. The molecule has 0 amide bonds. The van der Waals surface area contributed by atoms with Crippen molar-refractivity contribution in [2.24, 2.45) is 5.92 Å². The molecule has 2 rings (SSSR count). The maximum absolute atomic E-state index is 11.3. The minimum atomic E-state index is 0.0199. The van der Waals surface area contributed by atoms with Crippen LogP contribution in [0.15, 0.2) is 0 Å². The molecule has 2 saturated heterocycles. The molecule has 2 fully saturated rings. The van der Waals surface area contributed by atoms with E-state index in [0.717, 1.165) is 0 Å². The summed E-state index contributed by atoms with van der Waals surface area (Å²) in [5.74, 6) is 0.413. The van der Waals surface area contributed by atoms with Crippen LogP contribution in [-0.2, 0) is 4.79 Å². The summed E-state index contributed by atoms with van der Waals surface area (Å²) in [4.78, 5) is 11.3. The van der Waals surface area contributed by atoms with E-state index in [9.17, 15) is 4.79 Å². The number of thioether (sulfide) groups is 1. The van der Waals surface area contributed by atoms with E-state index in [0.29, 0.717) is 11.0 Å². The van der Waals surface area contributed by atoms with Gasteiger partial charge in [0, 0.05) is 0 Å². The van der Waals surface area contributed by atoms with Gasteiger partial charge in [-0.15, -0.1) is 0 Å². The smallest absolute Gasteiger partial charge is 0.209 e. The summed E-state index contributed by atoms with van der Waals surface area (Å²) in [6, 6.07) is 0.0718. The van der Waals surface area contributed by atoms with Gasteiger partial charge in [0.15, 0.2) is 3.54 Å². The third kappa shape index (κ3) is 1.43. The Hall–Kier alpha value is 0.680. The Kier molecular flexibility index (Phi) is 1.95. The number of nitrogens with one attached hydrogen (secondary N) is 1. The van der Waals surface area contributed by atoms with Crippen LogP contribution < -0.4 is 5.32 Å². The molecule has 0 aromatic rings. The van der Waals surface area contributed by atoms with E-state index in [4.69, 9.17) is 0 Å². The van der Waals surface area contributed by atoms with Gasteiger partial charge in [0.1, 0.15) is 0 Å². The first-order chi connectivity index (χ1) is 5.13. The lowest BCUT2D eigenvalue weighted by atomic mass is 10.1. The van der Waals surface area contributed by atoms with Crippen molar-refractivity contribution < 1.29 is 4.79 Å². The van der Waals surface area contributed by atoms with Crippen LogP contribution in [0.4, 0.5) is 0 Å². The summed E-state index contributed by atoms with van der Waals surface area (Å²) < 4.78 is 0.0199. The lowest BCUT2D eigenvalue weighted by Gasteiger charge is -2.11. The average molecular weight is 207 g/mol. The fraction of sp³-hybridized carbons (Fsp3) is 0.833. The number of carbonyl (C=O) groups excluding carboxylic acids is 1. The van der Waals surface area contributed by atoms with Crippen molar-refractivity contribution in [3.8, 4) is 0 Å². The van der Waals surface area contributed by atoms with E-state index in [1.54, 1.807) is 21.6 Å². The van der Waals surface area contributed by atoms with E-state index in [2.05, 4.69) is 19.2 Å². The van der Waals surface area contributed by atoms with E-state index >= 15 is 0 Å². The van der Waals surface area contributed by atoms with Crippen LogP contribution in [0.1, 0.15) is 13.8 Å². The first kappa shape index (κ1) is 8.29. The summed E-state index contributed by atoms with van der Waals surface area (Å²) >= 11 is 1.45. The standard InChI is InChI=1S/C6H9NOS3/c1-3(2)4-5(8)9-6(7-4)10-11-6/h3-4,7H,1-2H3/t4-/m0/s1. The van der Waals surface area contributed by atoms with Crippen LogP contribution in [0.25, 0.3) is 0 Å². The Morgan fingerprint density at radius 3 is 2.45 bits per heavy atom. The Balaban J connectivity index is 2.08. The molecule has 0 saturated carbocycles. The van der Waals surface area contributed by atoms with Crippen LogP contribution in [0.2, 0.25) is 0 Å². The van der Waals surface area contributed by atoms with Crippen molar-refractivity contribution in [2.45, 2.75) is 23.4 Å². The second-order valence-corrected chi connectivity index (χ2v) is 7.56. The molecule has 0 unspecified atom stereocenters. The van der Waals surface area contributed by atoms with Gasteiger partial charge in [0.25, 0.3) is 0 Å². The molecule has 11 heavy (non-hydrogen) atoms. The highest BCUT2D eigenvalue weighted by molar-refractivity contribution is 8.98. The van der Waals surface area contributed by atoms with Crippen molar-refractivity contribution in [3.05, 3.63) is 0 Å². The van der Waals surface area contributed by atoms with E-state index in [1.807, 2.05) is 0 Å². The zero-order chi connectivity index (χ0) is 8.06. The van der Waals surface area contributed by atoms with E-state index in [1.165, 1.54) is 11.8 Å². The van der Waals surface area contributed by atoms with Crippen molar-refractivity contribution in [1.82, 2.24) is 5.32 Å². The molecule has 0 bridgehead atoms. The van der Waals surface area contributed by atoms with Gasteiger partial charge in [-0.25, -0.2) is 0 Å². The van der Waals surface area contributed by atoms with Gasteiger partial charge in [-0.2, -0.15) is 0 Å². The topological polar surface area (TPSA) is 29.1 Å². The molecule has 5 heteroatoms. The van der Waals surface area contributed by atoms with Crippen LogP contribution in [0, 0.1) is 5.92 Å². The molecule has 2 aliphatic heterocycles. The predicted octanol–water partition coefficient (Wildman–Crippen LogP) is 1.88. The third-order valence-electron chi connectivity index (χ3n) is 1.72. The maximum Gasteiger partial charge on any atom is 0.209 e. The summed E-state index contributed by atoms with van der Waals surface area (Å²) in [5.41, 5.74) is 0. The number of hydrogen-bond donors (Lipinski definition) is 1. The van der Waals surface area contributed by atoms with Gasteiger partial charge in [-0.05, 0) is 39.3 Å². The Labute approximate surface area is 78.0 Å². The molecule has 0 aromatic carbocycles. The fourth-order valence-electron chi connectivity index (χ4n) is 1.03. The minimum absolute atomic E-state index is 0.0199. The normalized spacial score (nSPS) is 33.7. The molecule has 0 aliphatic carbocycles. The minimum Gasteiger partial charge on any atom is -0.285 e. The molecule has 2 aliphatic rings. The van der Waals surface area contributed by atoms with Crippen LogP contribution in [0.3, 0.4) is 0 Å². The molecule has 0 aromatic heterocycles. The van der Waals surface area contributed by atoms with E-state index < -0.39 is 0 Å². The molecular weight excluding hydrogens is 198 g/mol. The van der Waals surface area contributed by atoms with Gasteiger partial charge in [-0.3, -0.25) is 10.1 Å². The molecule has 1 spiro atoms. The molecule has 1 atom stereocenters. The molecule has 2 heterocycles. The third-order valence-corrected chi connectivity index (χ3v) is 6.40. The largest absolute Gasteiger partial charge is 0.285 e. The van der Waals surface area contributed by atoms with Crippen molar-refractivity contribution in [1.29, 1.82) is 0 Å². The second-order valence-electron chi connectivity index (χ2n) is 3.01. The molecule has 0 radical (unpaired) electrons. The summed E-state index contributed by atoms with van der Waals surface area (Å²) in [6.45, 7) is 4.15. The van der Waals surface area contributed by atoms with Gasteiger partial charge in [0.2, 0.25) is 5.12 Å². The zero-order valence-electron chi connectivity index (χ0n) is 6.29. The van der Waals surface area contributed by atoms with Gasteiger partial charge in [-0.1, -0.05) is 13.8 Å². The number of carbonyl (C=O) groups is 1. The molecule has 1 N–H and O–H groups in total. The molecule has 2 nitrogen and oxygen atoms in total. The van der Waals surface area contributed by atoms with Gasteiger partial charge >= 0.3 is 0 Å². The summed E-state index contributed by atoms with van der Waals surface area (Å²) in [5, 5.41) is 3.63. The lowest BCUT2D eigenvalue weighted by Crippen LogP contribution is -2.35. The van der Waals surface area contributed by atoms with Gasteiger partial charge < -0.3 is 0 Å². The highest BCUT2D eigenvalue weighted by Gasteiger charge is 2.57. The number of rotatable bonds is 1. The highest BCUT2D eigenvalue weighted by atomic mass is 33.2. The van der Waals surface area contributed by atoms with E-state index in [-0.39, 0.29) is 9.58 Å². The predicted molar refractivity (Wildman–Crippen MR) is 52.3 cm³/mol. The van der Waals surface area contributed by atoms with Crippen molar-refractivity contribution >= 4 is 38.5 Å². The van der Waals surface area contributed by atoms with Crippen LogP contribution in [-0.4, -0.2) is 14.7 Å². The SMILES string of the molecule is CC(C)[C@@H]1NC2(SS2)SC1=O.